The molecule has 0 radical (unpaired) electrons. The van der Waals surface area contributed by atoms with Gasteiger partial charge in [0.05, 0.1) is 6.10 Å². The molecule has 0 saturated carbocycles. The lowest BCUT2D eigenvalue weighted by molar-refractivity contribution is 0.0866. The van der Waals surface area contributed by atoms with Crippen molar-refractivity contribution in [1.29, 1.82) is 0 Å². The van der Waals surface area contributed by atoms with Crippen LogP contribution in [0.5, 0.6) is 0 Å². The van der Waals surface area contributed by atoms with E-state index in [1.54, 1.807) is 0 Å². The summed E-state index contributed by atoms with van der Waals surface area (Å²) in [4.78, 5) is 0. The van der Waals surface area contributed by atoms with Gasteiger partial charge in [0.25, 0.3) is 0 Å². The number of ether oxygens (including phenoxy) is 1. The lowest BCUT2D eigenvalue weighted by Gasteiger charge is -2.21. The fourth-order valence-corrected chi connectivity index (χ4v) is 2.33. The zero-order valence-electron chi connectivity index (χ0n) is 11.1. The third kappa shape index (κ3) is 3.28. The molecule has 0 aliphatic carbocycles. The van der Waals surface area contributed by atoms with E-state index in [1.807, 2.05) is 13.8 Å². The third-order valence-electron chi connectivity index (χ3n) is 3.35. The molecule has 0 spiro atoms. The summed E-state index contributed by atoms with van der Waals surface area (Å²) in [6, 6.07) is 1.80. The molecule has 1 aromatic rings. The molecule has 2 atom stereocenters. The van der Waals surface area contributed by atoms with Gasteiger partial charge in [0.1, 0.15) is 5.82 Å². The molecule has 1 aromatic carbocycles. The van der Waals surface area contributed by atoms with Crippen LogP contribution in [0, 0.1) is 23.4 Å². The Morgan fingerprint density at radius 2 is 1.89 bits per heavy atom. The van der Waals surface area contributed by atoms with Gasteiger partial charge in [-0.2, -0.15) is 0 Å². The lowest BCUT2D eigenvalue weighted by Crippen LogP contribution is -2.30. The maximum atomic E-state index is 13.7. The molecule has 106 valence electrons. The number of benzene rings is 1. The molecule has 2 unspecified atom stereocenters. The summed E-state index contributed by atoms with van der Waals surface area (Å²) in [5, 5.41) is 3.26. The topological polar surface area (TPSA) is 21.3 Å². The van der Waals surface area contributed by atoms with E-state index in [9.17, 15) is 13.2 Å². The predicted octanol–water partition coefficient (Wildman–Crippen LogP) is 3.18. The molecule has 19 heavy (non-hydrogen) atoms. The first-order valence-electron chi connectivity index (χ1n) is 6.48. The Bertz CT molecular complexity index is 451. The van der Waals surface area contributed by atoms with Crippen LogP contribution in [0.3, 0.4) is 0 Å². The van der Waals surface area contributed by atoms with Crippen molar-refractivity contribution in [2.75, 3.05) is 13.2 Å². The molecule has 1 saturated heterocycles. The first-order chi connectivity index (χ1) is 8.99. The van der Waals surface area contributed by atoms with Gasteiger partial charge < -0.3 is 10.1 Å². The predicted molar refractivity (Wildman–Crippen MR) is 66.3 cm³/mol. The van der Waals surface area contributed by atoms with Crippen molar-refractivity contribution in [1.82, 2.24) is 5.32 Å². The second kappa shape index (κ2) is 5.92. The molecule has 2 nitrogen and oxygen atoms in total. The zero-order valence-corrected chi connectivity index (χ0v) is 11.1. The minimum Gasteiger partial charge on any atom is -0.373 e. The van der Waals surface area contributed by atoms with Crippen molar-refractivity contribution in [3.05, 3.63) is 35.1 Å². The monoisotopic (exact) mass is 273 g/mol. The van der Waals surface area contributed by atoms with Gasteiger partial charge in [0.2, 0.25) is 0 Å². The normalized spacial score (nSPS) is 23.3. The van der Waals surface area contributed by atoms with Gasteiger partial charge in [-0.05, 0) is 12.5 Å². The second-order valence-electron chi connectivity index (χ2n) is 5.19. The van der Waals surface area contributed by atoms with Crippen LogP contribution in [0.1, 0.15) is 31.9 Å². The first kappa shape index (κ1) is 14.3. The highest BCUT2D eigenvalue weighted by molar-refractivity contribution is 5.23. The van der Waals surface area contributed by atoms with Gasteiger partial charge >= 0.3 is 0 Å². The summed E-state index contributed by atoms with van der Waals surface area (Å²) < 4.78 is 45.4. The van der Waals surface area contributed by atoms with E-state index in [2.05, 4.69) is 5.32 Å². The smallest absolute Gasteiger partial charge is 0.161 e. The van der Waals surface area contributed by atoms with Crippen LogP contribution in [0.15, 0.2) is 12.1 Å². The number of hydrogen-bond acceptors (Lipinski definition) is 2. The number of nitrogens with one attached hydrogen (secondary N) is 1. The van der Waals surface area contributed by atoms with Crippen LogP contribution in [-0.4, -0.2) is 19.2 Å². The fourth-order valence-electron chi connectivity index (χ4n) is 2.33. The average Bonchev–Trinajstić information content (AvgIpc) is 2.79. The minimum absolute atomic E-state index is 0.0711. The molecule has 2 rings (SSSR count). The van der Waals surface area contributed by atoms with Crippen LogP contribution in [0.4, 0.5) is 13.2 Å². The van der Waals surface area contributed by atoms with Crippen molar-refractivity contribution < 1.29 is 17.9 Å². The molecule has 0 amide bonds. The van der Waals surface area contributed by atoms with Crippen LogP contribution in [0.25, 0.3) is 0 Å². The maximum absolute atomic E-state index is 13.7. The molecule has 1 N–H and O–H groups in total. The van der Waals surface area contributed by atoms with E-state index >= 15 is 0 Å². The highest BCUT2D eigenvalue weighted by Crippen LogP contribution is 2.36. The Balaban J connectivity index is 2.18. The van der Waals surface area contributed by atoms with Gasteiger partial charge in [0.15, 0.2) is 11.6 Å². The maximum Gasteiger partial charge on any atom is 0.161 e. The third-order valence-corrected chi connectivity index (χ3v) is 3.35. The van der Waals surface area contributed by atoms with E-state index in [1.165, 1.54) is 0 Å². The molecule has 0 aromatic heterocycles. The highest BCUT2D eigenvalue weighted by Gasteiger charge is 2.32. The lowest BCUT2D eigenvalue weighted by atomic mass is 9.94. The van der Waals surface area contributed by atoms with Gasteiger partial charge in [0, 0.05) is 36.7 Å². The Morgan fingerprint density at radius 3 is 2.58 bits per heavy atom. The van der Waals surface area contributed by atoms with Crippen molar-refractivity contribution in [2.45, 2.75) is 32.4 Å². The van der Waals surface area contributed by atoms with Gasteiger partial charge in [-0.25, -0.2) is 13.2 Å². The average molecular weight is 273 g/mol. The summed E-state index contributed by atoms with van der Waals surface area (Å²) in [7, 11) is 0. The number of rotatable bonds is 4. The summed E-state index contributed by atoms with van der Waals surface area (Å²) in [6.07, 6.45) is 0.268. The molecule has 1 aliphatic rings. The van der Waals surface area contributed by atoms with Crippen molar-refractivity contribution in [3.63, 3.8) is 0 Å². The summed E-state index contributed by atoms with van der Waals surface area (Å²) in [6.45, 7) is 5.21. The van der Waals surface area contributed by atoms with E-state index in [0.29, 0.717) is 25.3 Å². The Kier molecular flexibility index (Phi) is 4.47. The molecule has 1 fully saturated rings. The van der Waals surface area contributed by atoms with Crippen LogP contribution in [-0.2, 0) is 4.74 Å². The molecule has 1 aliphatic heterocycles. The van der Waals surface area contributed by atoms with E-state index in [4.69, 9.17) is 4.74 Å². The van der Waals surface area contributed by atoms with Crippen LogP contribution in [0.2, 0.25) is 0 Å². The second-order valence-corrected chi connectivity index (χ2v) is 5.19. The standard InChI is InChI=1S/C14H18F3NO/c1-8(2)18-7-9-3-4-19-14(9)10-5-12(16)13(17)6-11(10)15/h5-6,8-9,14,18H,3-4,7H2,1-2H3. The molecular formula is C14H18F3NO. The van der Waals surface area contributed by atoms with Crippen LogP contribution >= 0.6 is 0 Å². The van der Waals surface area contributed by atoms with E-state index < -0.39 is 23.6 Å². The molecule has 5 heteroatoms. The number of hydrogen-bond donors (Lipinski definition) is 1. The summed E-state index contributed by atoms with van der Waals surface area (Å²) in [5.41, 5.74) is 0.104. The van der Waals surface area contributed by atoms with Crippen LogP contribution < -0.4 is 5.32 Å². The Morgan fingerprint density at radius 1 is 1.21 bits per heavy atom. The van der Waals surface area contributed by atoms with E-state index in [0.717, 1.165) is 12.5 Å². The zero-order chi connectivity index (χ0) is 14.0. The van der Waals surface area contributed by atoms with E-state index in [-0.39, 0.29) is 11.5 Å². The van der Waals surface area contributed by atoms with Crippen molar-refractivity contribution in [3.8, 4) is 0 Å². The SMILES string of the molecule is CC(C)NCC1CCOC1c1cc(F)c(F)cc1F. The van der Waals surface area contributed by atoms with Crippen molar-refractivity contribution >= 4 is 0 Å². The minimum atomic E-state index is -1.17. The van der Waals surface area contributed by atoms with Gasteiger partial charge in [-0.3, -0.25) is 0 Å². The summed E-state index contributed by atoms with van der Waals surface area (Å²) in [5.74, 6) is -2.89. The molecule has 0 bridgehead atoms. The van der Waals surface area contributed by atoms with Gasteiger partial charge in [-0.15, -0.1) is 0 Å². The summed E-state index contributed by atoms with van der Waals surface area (Å²) >= 11 is 0. The highest BCUT2D eigenvalue weighted by atomic mass is 19.2. The molecule has 1 heterocycles. The number of halogens is 3. The quantitative estimate of drug-likeness (QED) is 0.851. The molecular weight excluding hydrogens is 255 g/mol. The van der Waals surface area contributed by atoms with Gasteiger partial charge in [-0.1, -0.05) is 13.8 Å². The Hall–Kier alpha value is -1.07. The Labute approximate surface area is 111 Å². The first-order valence-corrected chi connectivity index (χ1v) is 6.48. The van der Waals surface area contributed by atoms with Crippen molar-refractivity contribution in [2.24, 2.45) is 5.92 Å². The fraction of sp³-hybridized carbons (Fsp3) is 0.571. The largest absolute Gasteiger partial charge is 0.373 e.